The summed E-state index contributed by atoms with van der Waals surface area (Å²) in [7, 11) is 4.21. The molecule has 0 aromatic heterocycles. The number of hydrogen-bond donors (Lipinski definition) is 2. The maximum absolute atomic E-state index is 13.0. The van der Waals surface area contributed by atoms with E-state index in [1.807, 2.05) is 11.0 Å². The molecule has 244 valence electrons. The number of carbonyl (C=O) groups is 1. The molecule has 3 atom stereocenters. The summed E-state index contributed by atoms with van der Waals surface area (Å²) in [5.74, 6) is 0.0822. The van der Waals surface area contributed by atoms with E-state index in [1.165, 1.54) is 10.5 Å². The van der Waals surface area contributed by atoms with Gasteiger partial charge in [-0.1, -0.05) is 56.0 Å². The molecule has 4 heterocycles. The monoisotopic (exact) mass is 632 g/mol. The molecule has 1 amide bonds. The van der Waals surface area contributed by atoms with Crippen molar-refractivity contribution in [2.45, 2.75) is 59.4 Å². The number of allylic oxidation sites excluding steroid dienone is 3. The Balaban J connectivity index is 1.37. The smallest absolute Gasteiger partial charge is 0.246 e. The summed E-state index contributed by atoms with van der Waals surface area (Å²) in [6.07, 6.45) is 21.2. The van der Waals surface area contributed by atoms with Crippen LogP contribution in [0.15, 0.2) is 99.0 Å². The maximum atomic E-state index is 13.0. The largest absolute Gasteiger partial charge is 0.372 e. The van der Waals surface area contributed by atoms with E-state index in [2.05, 4.69) is 128 Å². The Morgan fingerprint density at radius 3 is 2.76 bits per heavy atom. The highest BCUT2D eigenvalue weighted by molar-refractivity contribution is 8.06. The first-order chi connectivity index (χ1) is 21.6. The van der Waals surface area contributed by atoms with Gasteiger partial charge in [-0.3, -0.25) is 4.79 Å². The summed E-state index contributed by atoms with van der Waals surface area (Å²) in [4.78, 5) is 29.9. The number of aliphatic imine (C=N–C) groups is 1. The third-order valence-electron chi connectivity index (χ3n) is 8.77. The third-order valence-corrected chi connectivity index (χ3v) is 10.1. The number of carbonyl (C=O) groups excluding carboxylic acids is 1. The number of nitrogens with zero attached hydrogens (tertiary/aromatic N) is 6. The van der Waals surface area contributed by atoms with Gasteiger partial charge in [0.05, 0.1) is 24.0 Å². The van der Waals surface area contributed by atoms with Crippen LogP contribution in [0, 0.1) is 0 Å². The van der Waals surface area contributed by atoms with Gasteiger partial charge in [-0.25, -0.2) is 4.99 Å². The lowest BCUT2D eigenvalue weighted by Crippen LogP contribution is -2.46. The lowest BCUT2D eigenvalue weighted by atomic mass is 10.1. The fourth-order valence-electron chi connectivity index (χ4n) is 5.81. The van der Waals surface area contributed by atoms with E-state index < -0.39 is 0 Å². The summed E-state index contributed by atoms with van der Waals surface area (Å²) in [5, 5.41) is 8.03. The molecule has 0 aromatic rings. The summed E-state index contributed by atoms with van der Waals surface area (Å²) in [5.41, 5.74) is 4.54. The van der Waals surface area contributed by atoms with E-state index in [1.54, 1.807) is 24.2 Å². The number of amides is 1. The first-order valence-corrected chi connectivity index (χ1v) is 16.8. The van der Waals surface area contributed by atoms with Gasteiger partial charge in [0.15, 0.2) is 0 Å². The minimum absolute atomic E-state index is 0.0488. The predicted molar refractivity (Wildman–Crippen MR) is 190 cm³/mol. The molecule has 4 aliphatic rings. The van der Waals surface area contributed by atoms with Gasteiger partial charge in [0.1, 0.15) is 12.3 Å². The van der Waals surface area contributed by atoms with Crippen LogP contribution in [0.2, 0.25) is 0 Å². The van der Waals surface area contributed by atoms with Gasteiger partial charge in [0.2, 0.25) is 5.91 Å². The summed E-state index contributed by atoms with van der Waals surface area (Å²) in [6.45, 7) is 20.0. The second kappa shape index (κ2) is 16.1. The van der Waals surface area contributed by atoms with Gasteiger partial charge in [0.25, 0.3) is 0 Å². The topological polar surface area (TPSA) is 69.7 Å². The van der Waals surface area contributed by atoms with Crippen LogP contribution < -0.4 is 10.6 Å². The van der Waals surface area contributed by atoms with Crippen molar-refractivity contribution in [3.05, 3.63) is 94.0 Å². The molecule has 4 aliphatic heterocycles. The molecule has 10 heteroatoms. The zero-order chi connectivity index (χ0) is 32.5. The lowest BCUT2D eigenvalue weighted by Gasteiger charge is -2.38. The Kier molecular flexibility index (Phi) is 12.2. The molecular formula is C35H52N8OS. The van der Waals surface area contributed by atoms with Crippen molar-refractivity contribution in [2.24, 2.45) is 4.99 Å². The Morgan fingerprint density at radius 2 is 2.02 bits per heavy atom. The van der Waals surface area contributed by atoms with Crippen LogP contribution in [0.4, 0.5) is 0 Å². The molecule has 0 spiro atoms. The number of nitrogens with one attached hydrogen (secondary N) is 2. The molecular weight excluding hydrogens is 581 g/mol. The Hall–Kier alpha value is -3.63. The molecule has 45 heavy (non-hydrogen) atoms. The molecule has 0 aromatic carbocycles. The van der Waals surface area contributed by atoms with Crippen LogP contribution in [-0.2, 0) is 4.79 Å². The number of thioether (sulfide) groups is 1. The molecule has 9 nitrogen and oxygen atoms in total. The minimum Gasteiger partial charge on any atom is -0.372 e. The van der Waals surface area contributed by atoms with Crippen LogP contribution in [-0.4, -0.2) is 108 Å². The maximum Gasteiger partial charge on any atom is 0.246 e. The molecule has 0 fully saturated rings. The first kappa shape index (κ1) is 34.2. The highest BCUT2D eigenvalue weighted by Gasteiger charge is 2.29. The van der Waals surface area contributed by atoms with Gasteiger partial charge in [-0.2, -0.15) is 0 Å². The van der Waals surface area contributed by atoms with Gasteiger partial charge >= 0.3 is 0 Å². The Bertz CT molecular complexity index is 1330. The van der Waals surface area contributed by atoms with Crippen LogP contribution >= 0.6 is 11.8 Å². The number of rotatable bonds is 13. The van der Waals surface area contributed by atoms with Crippen molar-refractivity contribution in [3.8, 4) is 0 Å². The molecule has 0 radical (unpaired) electrons. The van der Waals surface area contributed by atoms with Gasteiger partial charge < -0.3 is 35.1 Å². The Morgan fingerprint density at radius 1 is 1.24 bits per heavy atom. The molecule has 2 N–H and O–H groups in total. The van der Waals surface area contributed by atoms with E-state index in [-0.39, 0.29) is 18.2 Å². The van der Waals surface area contributed by atoms with Crippen molar-refractivity contribution in [2.75, 3.05) is 53.4 Å². The number of likely N-dealkylation sites (N-methyl/N-ethyl adjacent to an activating group) is 3. The summed E-state index contributed by atoms with van der Waals surface area (Å²) in [6, 6.07) is 0.305. The zero-order valence-corrected chi connectivity index (χ0v) is 29.0. The molecule has 4 rings (SSSR count). The molecule has 0 bridgehead atoms. The quantitative estimate of drug-likeness (QED) is 0.281. The van der Waals surface area contributed by atoms with Crippen molar-refractivity contribution in [1.29, 1.82) is 0 Å². The molecule has 3 unspecified atom stereocenters. The van der Waals surface area contributed by atoms with Crippen LogP contribution in [0.3, 0.4) is 0 Å². The highest BCUT2D eigenvalue weighted by atomic mass is 32.2. The molecule has 0 aliphatic carbocycles. The van der Waals surface area contributed by atoms with Gasteiger partial charge in [0, 0.05) is 68.4 Å². The fourth-order valence-corrected chi connectivity index (χ4v) is 6.94. The fraction of sp³-hybridized carbons (Fsp3) is 0.486. The predicted octanol–water partition coefficient (Wildman–Crippen LogP) is 4.79. The molecule has 0 saturated carbocycles. The third kappa shape index (κ3) is 8.98. The summed E-state index contributed by atoms with van der Waals surface area (Å²) >= 11 is 1.72. The van der Waals surface area contributed by atoms with Gasteiger partial charge in [-0.15, -0.1) is 0 Å². The van der Waals surface area contributed by atoms with Crippen molar-refractivity contribution >= 4 is 24.0 Å². The van der Waals surface area contributed by atoms with Crippen molar-refractivity contribution in [3.63, 3.8) is 0 Å². The number of hydrogen-bond acceptors (Lipinski definition) is 9. The SMILES string of the molecule is C=C1C=CN(CC2C=CC=CN2C)C1N(C)/C=C(\C)NC1N=CNC(SC2=C(C)CCN(C(=O)/C=C/CN(CC)CC)C2)=C1C. The second-order valence-corrected chi connectivity index (χ2v) is 13.2. The average molecular weight is 633 g/mol. The van der Waals surface area contributed by atoms with Crippen LogP contribution in [0.25, 0.3) is 0 Å². The van der Waals surface area contributed by atoms with E-state index in [0.29, 0.717) is 12.6 Å². The highest BCUT2D eigenvalue weighted by Crippen LogP contribution is 2.34. The molecule has 0 saturated heterocycles. The standard InChI is InChI=1S/C35H52N8OS/c1-9-41(10-2)19-13-15-32(44)42-20-16-26(3)31(24-42)45-34-29(6)33(36-25-37-34)38-28(5)22-40(8)35-27(4)17-21-43(35)23-30-14-11-12-18-39(30)7/h11-15,17-18,21-22,25,30,33,35,38H,4,9-10,16,19-20,23-24H2,1-3,5-8H3,(H,36,37)/b15-13+,28-22+. The van der Waals surface area contributed by atoms with Crippen LogP contribution in [0.5, 0.6) is 0 Å². The zero-order valence-electron chi connectivity index (χ0n) is 28.2. The van der Waals surface area contributed by atoms with E-state index in [9.17, 15) is 4.79 Å². The van der Waals surface area contributed by atoms with E-state index >= 15 is 0 Å². The van der Waals surface area contributed by atoms with Gasteiger partial charge in [-0.05, 0) is 64.2 Å². The normalized spacial score (nSPS) is 23.7. The lowest BCUT2D eigenvalue weighted by molar-refractivity contribution is -0.125. The average Bonchev–Trinajstić information content (AvgIpc) is 3.39. The Labute approximate surface area is 275 Å². The van der Waals surface area contributed by atoms with E-state index in [0.717, 1.165) is 61.0 Å². The van der Waals surface area contributed by atoms with Crippen molar-refractivity contribution < 1.29 is 4.79 Å². The van der Waals surface area contributed by atoms with E-state index in [4.69, 9.17) is 4.99 Å². The van der Waals surface area contributed by atoms with Crippen LogP contribution in [0.1, 0.15) is 41.0 Å². The van der Waals surface area contributed by atoms with Crippen molar-refractivity contribution in [1.82, 2.24) is 35.1 Å². The summed E-state index contributed by atoms with van der Waals surface area (Å²) < 4.78 is 0. The minimum atomic E-state index is -0.183. The second-order valence-electron chi connectivity index (χ2n) is 12.1. The first-order valence-electron chi connectivity index (χ1n) is 16.0.